The second-order valence-corrected chi connectivity index (χ2v) is 2.41. The highest BCUT2D eigenvalue weighted by Gasteiger charge is 2.01. The Bertz CT molecular complexity index is 146. The van der Waals surface area contributed by atoms with Gasteiger partial charge in [-0.2, -0.15) is 0 Å². The van der Waals surface area contributed by atoms with Gasteiger partial charge in [0.1, 0.15) is 0 Å². The van der Waals surface area contributed by atoms with Crippen molar-refractivity contribution in [2.75, 3.05) is 0 Å². The van der Waals surface area contributed by atoms with E-state index in [1.165, 1.54) is 6.08 Å². The first-order valence-electron chi connectivity index (χ1n) is 3.17. The number of ketones is 1. The summed E-state index contributed by atoms with van der Waals surface area (Å²) in [6.45, 7) is 3.21. The average Bonchev–Trinajstić information content (AvgIpc) is 1.58. The van der Waals surface area contributed by atoms with E-state index in [4.69, 9.17) is 10.8 Å². The van der Waals surface area contributed by atoms with Crippen LogP contribution in [0.15, 0.2) is 11.8 Å². The minimum atomic E-state index is -0.580. The van der Waals surface area contributed by atoms with Gasteiger partial charge in [0.05, 0.1) is 6.10 Å². The molecule has 0 aromatic heterocycles. The third-order valence-electron chi connectivity index (χ3n) is 0.885. The topological polar surface area (TPSA) is 63.3 Å². The summed E-state index contributed by atoms with van der Waals surface area (Å²) in [6.07, 6.45) is 0.893. The first-order chi connectivity index (χ1) is 4.52. The van der Waals surface area contributed by atoms with Gasteiger partial charge in [-0.05, 0) is 19.9 Å². The van der Waals surface area contributed by atoms with Crippen LogP contribution in [0.1, 0.15) is 20.3 Å². The Balaban J connectivity index is 3.76. The van der Waals surface area contributed by atoms with Gasteiger partial charge < -0.3 is 10.8 Å². The predicted octanol–water partition coefficient (Wildman–Crippen LogP) is 0.189. The molecule has 3 nitrogen and oxygen atoms in total. The zero-order valence-corrected chi connectivity index (χ0v) is 6.29. The van der Waals surface area contributed by atoms with Crippen LogP contribution in [0.2, 0.25) is 0 Å². The Hall–Kier alpha value is -0.830. The SMILES string of the molecule is C/C(N)=C/C(=O)C[C@H](C)O. The second kappa shape index (κ2) is 4.06. The normalized spacial score (nSPS) is 14.9. The summed E-state index contributed by atoms with van der Waals surface area (Å²) in [4.78, 5) is 10.7. The van der Waals surface area contributed by atoms with Crippen LogP contribution in [0, 0.1) is 0 Å². The Kier molecular flexibility index (Phi) is 3.72. The van der Waals surface area contributed by atoms with Crippen LogP contribution in [0.4, 0.5) is 0 Å². The summed E-state index contributed by atoms with van der Waals surface area (Å²) in [5.74, 6) is -0.130. The lowest BCUT2D eigenvalue weighted by molar-refractivity contribution is -0.116. The van der Waals surface area contributed by atoms with E-state index in [1.54, 1.807) is 13.8 Å². The maximum Gasteiger partial charge on any atom is 0.159 e. The number of aliphatic hydroxyl groups excluding tert-OH is 1. The van der Waals surface area contributed by atoms with Crippen LogP contribution in [0.25, 0.3) is 0 Å². The molecule has 0 aliphatic rings. The van der Waals surface area contributed by atoms with Gasteiger partial charge in [0.15, 0.2) is 5.78 Å². The third kappa shape index (κ3) is 5.31. The van der Waals surface area contributed by atoms with Gasteiger partial charge in [0, 0.05) is 12.1 Å². The van der Waals surface area contributed by atoms with Gasteiger partial charge in [-0.25, -0.2) is 0 Å². The number of aliphatic hydroxyl groups is 1. The molecule has 0 rings (SSSR count). The van der Waals surface area contributed by atoms with Gasteiger partial charge >= 0.3 is 0 Å². The Labute approximate surface area is 60.5 Å². The largest absolute Gasteiger partial charge is 0.402 e. The summed E-state index contributed by atoms with van der Waals surface area (Å²) in [5, 5.41) is 8.74. The highest BCUT2D eigenvalue weighted by molar-refractivity contribution is 5.90. The van der Waals surface area contributed by atoms with E-state index in [2.05, 4.69) is 0 Å². The van der Waals surface area contributed by atoms with Crippen LogP contribution >= 0.6 is 0 Å². The van der Waals surface area contributed by atoms with Crippen molar-refractivity contribution in [2.24, 2.45) is 5.73 Å². The highest BCUT2D eigenvalue weighted by atomic mass is 16.3. The molecule has 1 atom stereocenters. The van der Waals surface area contributed by atoms with Crippen molar-refractivity contribution in [3.05, 3.63) is 11.8 Å². The van der Waals surface area contributed by atoms with Crippen molar-refractivity contribution < 1.29 is 9.90 Å². The minimum absolute atomic E-state index is 0.130. The fourth-order valence-corrected chi connectivity index (χ4v) is 0.604. The third-order valence-corrected chi connectivity index (χ3v) is 0.885. The molecule has 0 aromatic rings. The predicted molar refractivity (Wildman–Crippen MR) is 39.2 cm³/mol. The quantitative estimate of drug-likeness (QED) is 0.554. The molecule has 0 radical (unpaired) electrons. The van der Waals surface area contributed by atoms with E-state index in [9.17, 15) is 4.79 Å². The Morgan fingerprint density at radius 3 is 2.60 bits per heavy atom. The van der Waals surface area contributed by atoms with Crippen LogP contribution in [0.3, 0.4) is 0 Å². The minimum Gasteiger partial charge on any atom is -0.402 e. The number of hydrogen-bond donors (Lipinski definition) is 2. The lowest BCUT2D eigenvalue weighted by atomic mass is 10.2. The van der Waals surface area contributed by atoms with Crippen molar-refractivity contribution in [1.29, 1.82) is 0 Å². The molecule has 0 aromatic carbocycles. The zero-order chi connectivity index (χ0) is 8.15. The van der Waals surface area contributed by atoms with Crippen LogP contribution in [0.5, 0.6) is 0 Å². The molecule has 0 bridgehead atoms. The van der Waals surface area contributed by atoms with E-state index in [-0.39, 0.29) is 12.2 Å². The number of allylic oxidation sites excluding steroid dienone is 2. The molecule has 0 saturated carbocycles. The average molecular weight is 143 g/mol. The van der Waals surface area contributed by atoms with Crippen molar-refractivity contribution in [3.8, 4) is 0 Å². The smallest absolute Gasteiger partial charge is 0.159 e. The first-order valence-corrected chi connectivity index (χ1v) is 3.17. The van der Waals surface area contributed by atoms with E-state index in [1.807, 2.05) is 0 Å². The van der Waals surface area contributed by atoms with Crippen molar-refractivity contribution in [1.82, 2.24) is 0 Å². The number of carbonyl (C=O) groups is 1. The van der Waals surface area contributed by atoms with Crippen LogP contribution in [-0.2, 0) is 4.79 Å². The number of nitrogens with two attached hydrogens (primary N) is 1. The molecular weight excluding hydrogens is 130 g/mol. The fraction of sp³-hybridized carbons (Fsp3) is 0.571. The first kappa shape index (κ1) is 9.17. The standard InChI is InChI=1S/C7H13NO2/c1-5(8)3-7(10)4-6(2)9/h3,6,9H,4,8H2,1-2H3/b5-3-/t6-/m0/s1. The molecule has 0 amide bonds. The van der Waals surface area contributed by atoms with Gasteiger partial charge in [-0.1, -0.05) is 0 Å². The molecule has 0 fully saturated rings. The molecule has 0 aliphatic carbocycles. The van der Waals surface area contributed by atoms with Crippen molar-refractivity contribution in [2.45, 2.75) is 26.4 Å². The summed E-state index contributed by atoms with van der Waals surface area (Å²) in [7, 11) is 0. The van der Waals surface area contributed by atoms with Gasteiger partial charge in [-0.15, -0.1) is 0 Å². The monoisotopic (exact) mass is 143 g/mol. The van der Waals surface area contributed by atoms with Crippen molar-refractivity contribution in [3.63, 3.8) is 0 Å². The Morgan fingerprint density at radius 1 is 1.80 bits per heavy atom. The lowest BCUT2D eigenvalue weighted by Gasteiger charge is -1.98. The van der Waals surface area contributed by atoms with E-state index >= 15 is 0 Å². The number of carbonyl (C=O) groups excluding carboxylic acids is 1. The molecule has 0 heterocycles. The molecule has 0 spiro atoms. The molecule has 3 heteroatoms. The van der Waals surface area contributed by atoms with E-state index in [0.717, 1.165) is 0 Å². The fourth-order valence-electron chi connectivity index (χ4n) is 0.604. The van der Waals surface area contributed by atoms with Gasteiger partial charge in [0.2, 0.25) is 0 Å². The van der Waals surface area contributed by atoms with E-state index < -0.39 is 6.10 Å². The lowest BCUT2D eigenvalue weighted by Crippen LogP contribution is -2.08. The molecular formula is C7H13NO2. The van der Waals surface area contributed by atoms with Gasteiger partial charge in [0.25, 0.3) is 0 Å². The highest BCUT2D eigenvalue weighted by Crippen LogP contribution is 1.93. The molecule has 58 valence electrons. The van der Waals surface area contributed by atoms with Crippen LogP contribution < -0.4 is 5.73 Å². The maximum absolute atomic E-state index is 10.7. The Morgan fingerprint density at radius 2 is 2.30 bits per heavy atom. The number of rotatable bonds is 3. The second-order valence-electron chi connectivity index (χ2n) is 2.41. The summed E-state index contributed by atoms with van der Waals surface area (Å²) >= 11 is 0. The number of hydrogen-bond acceptors (Lipinski definition) is 3. The van der Waals surface area contributed by atoms with Gasteiger partial charge in [-0.3, -0.25) is 4.79 Å². The molecule has 0 saturated heterocycles. The molecule has 0 unspecified atom stereocenters. The zero-order valence-electron chi connectivity index (χ0n) is 6.29. The summed E-state index contributed by atoms with van der Waals surface area (Å²) in [6, 6.07) is 0. The molecule has 10 heavy (non-hydrogen) atoms. The van der Waals surface area contributed by atoms with Crippen LogP contribution in [-0.4, -0.2) is 17.0 Å². The van der Waals surface area contributed by atoms with E-state index in [0.29, 0.717) is 5.70 Å². The molecule has 3 N–H and O–H groups in total. The summed E-state index contributed by atoms with van der Waals surface area (Å²) < 4.78 is 0. The van der Waals surface area contributed by atoms with Crippen molar-refractivity contribution >= 4 is 5.78 Å². The summed E-state index contributed by atoms with van der Waals surface area (Å²) in [5.41, 5.74) is 5.71. The maximum atomic E-state index is 10.7. The molecule has 0 aliphatic heterocycles.